The van der Waals surface area contributed by atoms with Crippen LogP contribution in [-0.2, 0) is 9.53 Å². The van der Waals surface area contributed by atoms with Crippen molar-refractivity contribution in [1.82, 2.24) is 5.32 Å². The summed E-state index contributed by atoms with van der Waals surface area (Å²) in [6.45, 7) is 0.254. The first-order chi connectivity index (χ1) is 15.0. The average Bonchev–Trinajstić information content (AvgIpc) is 3.11. The molecule has 31 heavy (non-hydrogen) atoms. The first-order valence-corrected chi connectivity index (χ1v) is 10.1. The molecule has 0 aromatic heterocycles. The standard InChI is InChI=1S/C25H24N2O4/c1-27(17-9-3-2-4-10-17)15-23(24(28)29)26-25(30)31-16-22-20-13-7-5-11-18(20)19-12-6-8-14-21(19)22/h2-14,22-23H,15-16H2,1H3,(H,26,30)(H,28,29)/t23-/m1/s1. The summed E-state index contributed by atoms with van der Waals surface area (Å²) in [5, 5.41) is 12.0. The minimum atomic E-state index is -1.11. The molecule has 0 radical (unpaired) electrons. The van der Waals surface area contributed by atoms with E-state index in [1.165, 1.54) is 0 Å². The lowest BCUT2D eigenvalue weighted by atomic mass is 9.98. The number of rotatable bonds is 7. The van der Waals surface area contributed by atoms with Gasteiger partial charge < -0.3 is 20.1 Å². The summed E-state index contributed by atoms with van der Waals surface area (Å²) in [6.07, 6.45) is -0.740. The van der Waals surface area contributed by atoms with Crippen molar-refractivity contribution in [1.29, 1.82) is 0 Å². The fourth-order valence-corrected chi connectivity index (χ4v) is 4.03. The van der Waals surface area contributed by atoms with Crippen molar-refractivity contribution in [3.05, 3.63) is 90.0 Å². The number of carboxylic acid groups (broad SMARTS) is 1. The zero-order chi connectivity index (χ0) is 21.8. The first kappa shape index (κ1) is 20.5. The molecule has 0 fully saturated rings. The van der Waals surface area contributed by atoms with Gasteiger partial charge in [-0.15, -0.1) is 0 Å². The number of carboxylic acids is 1. The number of para-hydroxylation sites is 1. The van der Waals surface area contributed by atoms with Gasteiger partial charge in [0.05, 0.1) is 0 Å². The van der Waals surface area contributed by atoms with Gasteiger partial charge in [-0.1, -0.05) is 66.7 Å². The number of aliphatic carboxylic acids is 1. The monoisotopic (exact) mass is 416 g/mol. The summed E-state index contributed by atoms with van der Waals surface area (Å²) in [6, 6.07) is 24.4. The predicted molar refractivity (Wildman–Crippen MR) is 119 cm³/mol. The minimum absolute atomic E-state index is 0.0755. The van der Waals surface area contributed by atoms with E-state index in [2.05, 4.69) is 17.4 Å². The fourth-order valence-electron chi connectivity index (χ4n) is 4.03. The van der Waals surface area contributed by atoms with E-state index in [-0.39, 0.29) is 19.1 Å². The van der Waals surface area contributed by atoms with Crippen LogP contribution in [0.4, 0.5) is 10.5 Å². The number of nitrogens with one attached hydrogen (secondary N) is 1. The van der Waals surface area contributed by atoms with Gasteiger partial charge in [-0.2, -0.15) is 0 Å². The van der Waals surface area contributed by atoms with E-state index in [0.717, 1.165) is 27.9 Å². The number of alkyl carbamates (subject to hydrolysis) is 1. The number of carbonyl (C=O) groups is 2. The van der Waals surface area contributed by atoms with E-state index in [1.807, 2.05) is 66.7 Å². The Morgan fingerprint density at radius 1 is 0.935 bits per heavy atom. The third-order valence-electron chi connectivity index (χ3n) is 5.59. The molecule has 0 bridgehead atoms. The third kappa shape index (κ3) is 4.38. The van der Waals surface area contributed by atoms with Crippen LogP contribution in [-0.4, -0.2) is 43.4 Å². The number of ether oxygens (including phenoxy) is 1. The number of carbonyl (C=O) groups excluding carboxylic acids is 1. The topological polar surface area (TPSA) is 78.9 Å². The number of hydrogen-bond acceptors (Lipinski definition) is 4. The lowest BCUT2D eigenvalue weighted by molar-refractivity contribution is -0.139. The van der Waals surface area contributed by atoms with Gasteiger partial charge in [0, 0.05) is 25.2 Å². The molecular formula is C25H24N2O4. The smallest absolute Gasteiger partial charge is 0.407 e. The SMILES string of the molecule is CN(C[C@@H](NC(=O)OCC1c2ccccc2-c2ccccc21)C(=O)O)c1ccccc1. The Kier molecular flexibility index (Phi) is 5.89. The molecule has 1 amide bonds. The van der Waals surface area contributed by atoms with E-state index in [1.54, 1.807) is 11.9 Å². The highest BCUT2D eigenvalue weighted by atomic mass is 16.5. The second-order valence-corrected chi connectivity index (χ2v) is 7.58. The molecule has 3 aromatic carbocycles. The number of nitrogens with zero attached hydrogens (tertiary/aromatic N) is 1. The molecule has 1 atom stereocenters. The van der Waals surface area contributed by atoms with Gasteiger partial charge in [0.15, 0.2) is 0 Å². The lowest BCUT2D eigenvalue weighted by Gasteiger charge is -2.24. The second-order valence-electron chi connectivity index (χ2n) is 7.58. The molecule has 0 saturated heterocycles. The van der Waals surface area contributed by atoms with Crippen LogP contribution < -0.4 is 10.2 Å². The van der Waals surface area contributed by atoms with Crippen LogP contribution in [0.25, 0.3) is 11.1 Å². The molecule has 0 spiro atoms. The molecule has 3 aromatic rings. The molecule has 1 aliphatic rings. The van der Waals surface area contributed by atoms with Crippen molar-refractivity contribution in [3.8, 4) is 11.1 Å². The number of likely N-dealkylation sites (N-methyl/N-ethyl adjacent to an activating group) is 1. The zero-order valence-electron chi connectivity index (χ0n) is 17.2. The maximum atomic E-state index is 12.4. The molecular weight excluding hydrogens is 392 g/mol. The molecule has 0 unspecified atom stereocenters. The molecule has 2 N–H and O–H groups in total. The van der Waals surface area contributed by atoms with Crippen molar-refractivity contribution >= 4 is 17.7 Å². The Morgan fingerprint density at radius 3 is 2.06 bits per heavy atom. The van der Waals surface area contributed by atoms with Crippen LogP contribution in [0.3, 0.4) is 0 Å². The van der Waals surface area contributed by atoms with Crippen LogP contribution in [0.15, 0.2) is 78.9 Å². The van der Waals surface area contributed by atoms with Crippen molar-refractivity contribution in [2.45, 2.75) is 12.0 Å². The molecule has 6 nitrogen and oxygen atoms in total. The molecule has 1 aliphatic carbocycles. The number of anilines is 1. The Bertz CT molecular complexity index is 1040. The highest BCUT2D eigenvalue weighted by molar-refractivity contribution is 5.81. The fraction of sp³-hybridized carbons (Fsp3) is 0.200. The lowest BCUT2D eigenvalue weighted by Crippen LogP contribution is -2.48. The molecule has 0 aliphatic heterocycles. The molecule has 4 rings (SSSR count). The quantitative estimate of drug-likeness (QED) is 0.606. The number of fused-ring (bicyclic) bond motifs is 3. The van der Waals surface area contributed by atoms with E-state index < -0.39 is 18.1 Å². The van der Waals surface area contributed by atoms with Gasteiger partial charge in [0.25, 0.3) is 0 Å². The van der Waals surface area contributed by atoms with Crippen molar-refractivity contribution in [2.24, 2.45) is 0 Å². The van der Waals surface area contributed by atoms with E-state index in [4.69, 9.17) is 4.74 Å². The second kappa shape index (κ2) is 8.92. The zero-order valence-corrected chi connectivity index (χ0v) is 17.2. The van der Waals surface area contributed by atoms with Crippen molar-refractivity contribution in [2.75, 3.05) is 25.1 Å². The van der Waals surface area contributed by atoms with E-state index >= 15 is 0 Å². The highest BCUT2D eigenvalue weighted by Gasteiger charge is 2.30. The summed E-state index contributed by atoms with van der Waals surface area (Å²) < 4.78 is 5.48. The maximum Gasteiger partial charge on any atom is 0.407 e. The van der Waals surface area contributed by atoms with Gasteiger partial charge in [0.2, 0.25) is 0 Å². The predicted octanol–water partition coefficient (Wildman–Crippen LogP) is 4.11. The average molecular weight is 416 g/mol. The molecule has 0 saturated carbocycles. The number of hydrogen-bond donors (Lipinski definition) is 2. The molecule has 6 heteroatoms. The molecule has 158 valence electrons. The van der Waals surface area contributed by atoms with Gasteiger partial charge in [-0.25, -0.2) is 9.59 Å². The molecule has 0 heterocycles. The highest BCUT2D eigenvalue weighted by Crippen LogP contribution is 2.44. The van der Waals surface area contributed by atoms with Gasteiger partial charge >= 0.3 is 12.1 Å². The van der Waals surface area contributed by atoms with Gasteiger partial charge in [-0.3, -0.25) is 0 Å². The summed E-state index contributed by atoms with van der Waals surface area (Å²) in [5.74, 6) is -1.19. The van der Waals surface area contributed by atoms with Crippen molar-refractivity contribution in [3.63, 3.8) is 0 Å². The minimum Gasteiger partial charge on any atom is -0.480 e. The van der Waals surface area contributed by atoms with Crippen LogP contribution in [0, 0.1) is 0 Å². The Hall–Kier alpha value is -3.80. The van der Waals surface area contributed by atoms with Crippen LogP contribution in [0.1, 0.15) is 17.0 Å². The summed E-state index contributed by atoms with van der Waals surface area (Å²) in [4.78, 5) is 25.9. The van der Waals surface area contributed by atoms with Crippen LogP contribution in [0.2, 0.25) is 0 Å². The van der Waals surface area contributed by atoms with Crippen LogP contribution >= 0.6 is 0 Å². The first-order valence-electron chi connectivity index (χ1n) is 10.1. The van der Waals surface area contributed by atoms with E-state index in [0.29, 0.717) is 0 Å². The van der Waals surface area contributed by atoms with E-state index in [9.17, 15) is 14.7 Å². The third-order valence-corrected chi connectivity index (χ3v) is 5.59. The Balaban J connectivity index is 1.41. The number of benzene rings is 3. The summed E-state index contributed by atoms with van der Waals surface area (Å²) in [5.41, 5.74) is 5.35. The Morgan fingerprint density at radius 2 is 1.48 bits per heavy atom. The summed E-state index contributed by atoms with van der Waals surface area (Å²) in [7, 11) is 1.78. The van der Waals surface area contributed by atoms with Crippen molar-refractivity contribution < 1.29 is 19.4 Å². The Labute approximate surface area is 181 Å². The largest absolute Gasteiger partial charge is 0.480 e. The van der Waals surface area contributed by atoms with Gasteiger partial charge in [-0.05, 0) is 34.4 Å². The van der Waals surface area contributed by atoms with Gasteiger partial charge in [0.1, 0.15) is 12.6 Å². The number of amides is 1. The normalized spacial score (nSPS) is 13.1. The van der Waals surface area contributed by atoms with Crippen LogP contribution in [0.5, 0.6) is 0 Å². The maximum absolute atomic E-state index is 12.4. The summed E-state index contributed by atoms with van der Waals surface area (Å²) >= 11 is 0.